The number of hydrogen-bond acceptors (Lipinski definition) is 5. The first-order valence-electron chi connectivity index (χ1n) is 10.6. The zero-order valence-corrected chi connectivity index (χ0v) is 18.0. The van der Waals surface area contributed by atoms with Crippen molar-refractivity contribution < 1.29 is 24.3 Å². The van der Waals surface area contributed by atoms with Gasteiger partial charge in [-0.1, -0.05) is 44.2 Å². The fourth-order valence-electron chi connectivity index (χ4n) is 3.73. The van der Waals surface area contributed by atoms with Crippen LogP contribution < -0.4 is 16.4 Å². The number of nitrogens with one attached hydrogen (secondary N) is 2. The number of nitrogens with two attached hydrogens (primary N) is 1. The second-order valence-electron chi connectivity index (χ2n) is 8.29. The quantitative estimate of drug-likeness (QED) is 0.418. The number of carbonyl (C=O) groups excluding carboxylic acids is 3. The molecule has 1 aromatic rings. The molecule has 9 nitrogen and oxygen atoms in total. The molecule has 5 N–H and O–H groups in total. The normalized spacial score (nSPS) is 17.8. The number of aliphatic carboxylic acids is 1. The minimum Gasteiger partial charge on any atom is -0.480 e. The third-order valence-corrected chi connectivity index (χ3v) is 5.21. The number of benzene rings is 1. The van der Waals surface area contributed by atoms with Gasteiger partial charge in [-0.05, 0) is 37.2 Å². The van der Waals surface area contributed by atoms with Gasteiger partial charge in [0.25, 0.3) is 0 Å². The molecule has 0 aliphatic carbocycles. The van der Waals surface area contributed by atoms with Crippen LogP contribution in [0.2, 0.25) is 0 Å². The van der Waals surface area contributed by atoms with Crippen molar-refractivity contribution >= 4 is 23.7 Å². The van der Waals surface area contributed by atoms with E-state index in [1.165, 1.54) is 4.90 Å². The summed E-state index contributed by atoms with van der Waals surface area (Å²) in [7, 11) is 0. The molecule has 1 heterocycles. The number of amides is 3. The number of carbonyl (C=O) groups is 4. The fraction of sp³-hybridized carbons (Fsp3) is 0.545. The summed E-state index contributed by atoms with van der Waals surface area (Å²) in [6, 6.07) is 7.10. The molecule has 3 atom stereocenters. The zero-order valence-electron chi connectivity index (χ0n) is 18.0. The maximum Gasteiger partial charge on any atom is 0.322 e. The van der Waals surface area contributed by atoms with Crippen molar-refractivity contribution in [3.05, 3.63) is 35.9 Å². The molecular formula is C22H32N4O5. The lowest BCUT2D eigenvalue weighted by Gasteiger charge is -2.28. The second-order valence-corrected chi connectivity index (χ2v) is 8.29. The van der Waals surface area contributed by atoms with E-state index < -0.39 is 42.5 Å². The van der Waals surface area contributed by atoms with Crippen molar-refractivity contribution in [2.45, 2.75) is 57.7 Å². The van der Waals surface area contributed by atoms with Gasteiger partial charge in [-0.15, -0.1) is 0 Å². The molecular weight excluding hydrogens is 400 g/mol. The molecule has 2 rings (SSSR count). The summed E-state index contributed by atoms with van der Waals surface area (Å²) >= 11 is 0. The number of nitrogens with zero attached hydrogens (tertiary/aromatic N) is 1. The highest BCUT2D eigenvalue weighted by Gasteiger charge is 2.37. The summed E-state index contributed by atoms with van der Waals surface area (Å²) in [5.41, 5.74) is 7.07. The average molecular weight is 433 g/mol. The van der Waals surface area contributed by atoms with Crippen LogP contribution in [0.5, 0.6) is 0 Å². The summed E-state index contributed by atoms with van der Waals surface area (Å²) in [6.45, 7) is 3.71. The van der Waals surface area contributed by atoms with Gasteiger partial charge in [-0.3, -0.25) is 19.2 Å². The number of carboxylic acid groups (broad SMARTS) is 1. The van der Waals surface area contributed by atoms with Crippen molar-refractivity contribution in [3.8, 4) is 0 Å². The van der Waals surface area contributed by atoms with Crippen LogP contribution in [0.15, 0.2) is 30.3 Å². The molecule has 1 aliphatic rings. The van der Waals surface area contributed by atoms with Crippen LogP contribution in [0.4, 0.5) is 0 Å². The largest absolute Gasteiger partial charge is 0.480 e. The Hall–Kier alpha value is -2.94. The highest BCUT2D eigenvalue weighted by Crippen LogP contribution is 2.20. The first-order valence-corrected chi connectivity index (χ1v) is 10.6. The molecule has 3 unspecified atom stereocenters. The Morgan fingerprint density at radius 3 is 2.48 bits per heavy atom. The highest BCUT2D eigenvalue weighted by atomic mass is 16.4. The molecule has 31 heavy (non-hydrogen) atoms. The van der Waals surface area contributed by atoms with E-state index in [2.05, 4.69) is 10.6 Å². The third kappa shape index (κ3) is 7.36. The predicted molar refractivity (Wildman–Crippen MR) is 115 cm³/mol. The molecule has 1 aromatic carbocycles. The van der Waals surface area contributed by atoms with E-state index in [0.29, 0.717) is 32.2 Å². The Kier molecular flexibility index (Phi) is 8.99. The maximum absolute atomic E-state index is 12.9. The van der Waals surface area contributed by atoms with Gasteiger partial charge < -0.3 is 26.4 Å². The molecule has 0 aromatic heterocycles. The number of rotatable bonds is 10. The van der Waals surface area contributed by atoms with Gasteiger partial charge in [0, 0.05) is 6.54 Å². The molecule has 1 saturated heterocycles. The monoisotopic (exact) mass is 432 g/mol. The molecule has 0 saturated carbocycles. The molecule has 0 bridgehead atoms. The van der Waals surface area contributed by atoms with Crippen molar-refractivity contribution in [1.29, 1.82) is 0 Å². The van der Waals surface area contributed by atoms with Crippen molar-refractivity contribution in [2.24, 2.45) is 11.7 Å². The lowest BCUT2D eigenvalue weighted by molar-refractivity contribution is -0.141. The first-order chi connectivity index (χ1) is 14.7. The van der Waals surface area contributed by atoms with E-state index in [1.807, 2.05) is 44.2 Å². The van der Waals surface area contributed by atoms with Gasteiger partial charge in [0.2, 0.25) is 17.7 Å². The standard InChI is InChI=1S/C22H32N4O5/c1-14(2)11-17(20(29)24-13-19(27)28)25-21(30)18-9-6-10-26(18)22(31)16(23)12-15-7-4-3-5-8-15/h3-5,7-8,14,16-18H,6,9-13,23H2,1-2H3,(H,24,29)(H,25,30)(H,27,28). The Labute approximate surface area is 182 Å². The van der Waals surface area contributed by atoms with E-state index in [1.54, 1.807) is 0 Å². The van der Waals surface area contributed by atoms with E-state index in [9.17, 15) is 19.2 Å². The van der Waals surface area contributed by atoms with E-state index in [4.69, 9.17) is 10.8 Å². The Bertz CT molecular complexity index is 783. The molecule has 1 fully saturated rings. The van der Waals surface area contributed by atoms with E-state index >= 15 is 0 Å². The summed E-state index contributed by atoms with van der Waals surface area (Å²) in [5, 5.41) is 13.8. The molecule has 170 valence electrons. The summed E-state index contributed by atoms with van der Waals surface area (Å²) in [4.78, 5) is 50.4. The van der Waals surface area contributed by atoms with Crippen molar-refractivity contribution in [1.82, 2.24) is 15.5 Å². The second kappa shape index (κ2) is 11.5. The number of carboxylic acids is 1. The van der Waals surface area contributed by atoms with Crippen LogP contribution in [0, 0.1) is 5.92 Å². The fourth-order valence-corrected chi connectivity index (χ4v) is 3.73. The van der Waals surface area contributed by atoms with Gasteiger partial charge in [0.1, 0.15) is 18.6 Å². The van der Waals surface area contributed by atoms with Crippen LogP contribution >= 0.6 is 0 Å². The number of likely N-dealkylation sites (tertiary alicyclic amines) is 1. The highest BCUT2D eigenvalue weighted by molar-refractivity contribution is 5.94. The lowest BCUT2D eigenvalue weighted by Crippen LogP contribution is -2.56. The maximum atomic E-state index is 12.9. The summed E-state index contributed by atoms with van der Waals surface area (Å²) in [5.74, 6) is -2.34. The van der Waals surface area contributed by atoms with Crippen LogP contribution in [-0.2, 0) is 25.6 Å². The SMILES string of the molecule is CC(C)CC(NC(=O)C1CCCN1C(=O)C(N)Cc1ccccc1)C(=O)NCC(=O)O. The summed E-state index contributed by atoms with van der Waals surface area (Å²) in [6.07, 6.45) is 1.88. The Morgan fingerprint density at radius 1 is 1.19 bits per heavy atom. The van der Waals surface area contributed by atoms with Crippen LogP contribution in [0.25, 0.3) is 0 Å². The van der Waals surface area contributed by atoms with Gasteiger partial charge >= 0.3 is 5.97 Å². The predicted octanol–water partition coefficient (Wildman–Crippen LogP) is 0.279. The van der Waals surface area contributed by atoms with Gasteiger partial charge in [0.15, 0.2) is 0 Å². The molecule has 3 amide bonds. The molecule has 0 spiro atoms. The Balaban J connectivity index is 2.02. The van der Waals surface area contributed by atoms with E-state index in [0.717, 1.165) is 5.56 Å². The van der Waals surface area contributed by atoms with Crippen molar-refractivity contribution in [3.63, 3.8) is 0 Å². The number of hydrogen-bond donors (Lipinski definition) is 4. The first kappa shape index (κ1) is 24.3. The van der Waals surface area contributed by atoms with Gasteiger partial charge in [0.05, 0.1) is 6.04 Å². The van der Waals surface area contributed by atoms with Gasteiger partial charge in [-0.25, -0.2) is 0 Å². The third-order valence-electron chi connectivity index (χ3n) is 5.21. The summed E-state index contributed by atoms with van der Waals surface area (Å²) < 4.78 is 0. The van der Waals surface area contributed by atoms with E-state index in [-0.39, 0.29) is 11.8 Å². The Morgan fingerprint density at radius 2 is 1.87 bits per heavy atom. The smallest absolute Gasteiger partial charge is 0.322 e. The zero-order chi connectivity index (χ0) is 23.0. The van der Waals surface area contributed by atoms with Crippen LogP contribution in [-0.4, -0.2) is 64.9 Å². The lowest BCUT2D eigenvalue weighted by atomic mass is 10.0. The van der Waals surface area contributed by atoms with Crippen LogP contribution in [0.1, 0.15) is 38.7 Å². The average Bonchev–Trinajstić information content (AvgIpc) is 3.21. The minimum atomic E-state index is -1.16. The van der Waals surface area contributed by atoms with Crippen molar-refractivity contribution in [2.75, 3.05) is 13.1 Å². The molecule has 9 heteroatoms. The topological polar surface area (TPSA) is 142 Å². The molecule has 1 aliphatic heterocycles. The molecule has 0 radical (unpaired) electrons. The van der Waals surface area contributed by atoms with Crippen LogP contribution in [0.3, 0.4) is 0 Å². The minimum absolute atomic E-state index is 0.0986. The van der Waals surface area contributed by atoms with Gasteiger partial charge in [-0.2, -0.15) is 0 Å².